The average Bonchev–Trinajstić information content (AvgIpc) is 3.97. The van der Waals surface area contributed by atoms with Gasteiger partial charge in [0.15, 0.2) is 11.5 Å². The lowest BCUT2D eigenvalue weighted by molar-refractivity contribution is -0.228. The van der Waals surface area contributed by atoms with Crippen molar-refractivity contribution in [3.05, 3.63) is 70.9 Å². The molecule has 4 fully saturated rings. The summed E-state index contributed by atoms with van der Waals surface area (Å²) in [5.41, 5.74) is -1.16. The summed E-state index contributed by atoms with van der Waals surface area (Å²) in [4.78, 5) is 53.7. The maximum Gasteiger partial charge on any atom is 0.344 e. The molecule has 2 aromatic carbocycles. The van der Waals surface area contributed by atoms with E-state index < -0.39 is 63.6 Å². The molecule has 7 aliphatic rings. The first kappa shape index (κ1) is 38.8. The van der Waals surface area contributed by atoms with E-state index in [9.17, 15) is 14.7 Å². The first-order valence-electron chi connectivity index (χ1n) is 21.3. The highest BCUT2D eigenvalue weighted by atomic mass is 16.6. The first-order chi connectivity index (χ1) is 28.3. The van der Waals surface area contributed by atoms with E-state index in [0.29, 0.717) is 43.7 Å². The number of likely N-dealkylation sites (N-methyl/N-ethyl adjacent to an activating group) is 1. The van der Waals surface area contributed by atoms with Gasteiger partial charge in [-0.1, -0.05) is 44.2 Å². The van der Waals surface area contributed by atoms with Crippen LogP contribution in [0.4, 0.5) is 5.69 Å². The Morgan fingerprint density at radius 3 is 2.49 bits per heavy atom. The quantitative estimate of drug-likeness (QED) is 0.203. The molecule has 0 amide bonds. The van der Waals surface area contributed by atoms with Gasteiger partial charge in [0.25, 0.3) is 0 Å². The number of fused-ring (bicyclic) bond motifs is 6. The molecule has 7 heterocycles. The zero-order valence-electron chi connectivity index (χ0n) is 35.1. The van der Waals surface area contributed by atoms with E-state index in [1.165, 1.54) is 21.1 Å². The molecule has 13 nitrogen and oxygen atoms in total. The third-order valence-corrected chi connectivity index (χ3v) is 16.1. The van der Waals surface area contributed by atoms with Gasteiger partial charge in [-0.25, -0.2) is 4.79 Å². The number of methoxy groups -OCH3 is 3. The zero-order valence-corrected chi connectivity index (χ0v) is 35.1. The molecule has 3 bridgehead atoms. The second kappa shape index (κ2) is 13.0. The number of ether oxygens (including phenoxy) is 5. The van der Waals surface area contributed by atoms with Crippen LogP contribution in [0, 0.1) is 11.3 Å². The zero-order chi connectivity index (χ0) is 41.4. The number of hydrogen-bond acceptors (Lipinski definition) is 12. The molecule has 2 unspecified atom stereocenters. The normalized spacial score (nSPS) is 38.7. The van der Waals surface area contributed by atoms with Crippen molar-refractivity contribution in [2.75, 3.05) is 66.0 Å². The Labute approximate surface area is 344 Å². The highest BCUT2D eigenvalue weighted by Crippen LogP contribution is 2.68. The lowest BCUT2D eigenvalue weighted by atomic mass is 9.47. The number of esters is 3. The monoisotopic (exact) mass is 808 g/mol. The van der Waals surface area contributed by atoms with Crippen molar-refractivity contribution in [2.45, 2.75) is 99.2 Å². The fourth-order valence-corrected chi connectivity index (χ4v) is 14.1. The molecular weight excluding hydrogens is 753 g/mol. The molecule has 1 aromatic heterocycles. The molecule has 2 N–H and O–H groups in total. The Morgan fingerprint density at radius 1 is 1.00 bits per heavy atom. The molecule has 13 heteroatoms. The second-order valence-electron chi connectivity index (χ2n) is 18.3. The van der Waals surface area contributed by atoms with Crippen LogP contribution in [0.2, 0.25) is 0 Å². The van der Waals surface area contributed by atoms with E-state index in [2.05, 4.69) is 52.1 Å². The molecule has 314 valence electrons. The predicted molar refractivity (Wildman–Crippen MR) is 218 cm³/mol. The minimum atomic E-state index is -2.29. The van der Waals surface area contributed by atoms with Crippen LogP contribution in [0.5, 0.6) is 5.75 Å². The number of aromatic amines is 1. The number of hydrogen-bond donors (Lipinski definition) is 2. The van der Waals surface area contributed by atoms with Gasteiger partial charge < -0.3 is 38.7 Å². The minimum absolute atomic E-state index is 0.00603. The van der Waals surface area contributed by atoms with Crippen LogP contribution in [0.15, 0.2) is 48.6 Å². The SMILES string of the molecule is CC[C@@]12C[C@H]3CN(CCc4c([nH]c5ccccc45)[C@@](C(=O)OC)(c4cc5c(cc4OC)N(C)[C@H]4[C@@](O)(C(=O)OC)[C@H](OC(C)=O)[C@]6(CC)C=CCN7CC[C@]54[C@@H]76)C3O1)C2. The summed E-state index contributed by atoms with van der Waals surface area (Å²) in [7, 11) is 6.22. The fourth-order valence-electron chi connectivity index (χ4n) is 14.1. The number of piperidine rings is 1. The van der Waals surface area contributed by atoms with Crippen molar-refractivity contribution in [3.63, 3.8) is 0 Å². The van der Waals surface area contributed by atoms with Crippen molar-refractivity contribution in [1.29, 1.82) is 0 Å². The molecule has 0 radical (unpaired) electrons. The number of nitrogens with zero attached hydrogens (tertiary/aromatic N) is 3. The van der Waals surface area contributed by atoms with Crippen LogP contribution in [-0.4, -0.2) is 134 Å². The van der Waals surface area contributed by atoms with Crippen molar-refractivity contribution in [3.8, 4) is 5.75 Å². The molecule has 6 aliphatic heterocycles. The Morgan fingerprint density at radius 2 is 1.78 bits per heavy atom. The number of benzene rings is 2. The Balaban J connectivity index is 1.31. The number of carbonyl (C=O) groups excluding carboxylic acids is 3. The van der Waals surface area contributed by atoms with E-state index >= 15 is 4.79 Å². The lowest BCUT2D eigenvalue weighted by Crippen LogP contribution is -2.81. The largest absolute Gasteiger partial charge is 0.496 e. The summed E-state index contributed by atoms with van der Waals surface area (Å²) < 4.78 is 31.6. The summed E-state index contributed by atoms with van der Waals surface area (Å²) in [5.74, 6) is -1.45. The van der Waals surface area contributed by atoms with Gasteiger partial charge in [0.2, 0.25) is 5.60 Å². The number of nitrogens with one attached hydrogen (secondary N) is 1. The number of carbonyl (C=O) groups is 3. The molecule has 1 spiro atoms. The summed E-state index contributed by atoms with van der Waals surface area (Å²) in [6, 6.07) is 11.1. The average molecular weight is 809 g/mol. The molecule has 10 rings (SSSR count). The van der Waals surface area contributed by atoms with Crippen molar-refractivity contribution in [2.24, 2.45) is 11.3 Å². The number of para-hydroxylation sites is 1. The first-order valence-corrected chi connectivity index (χ1v) is 21.3. The van der Waals surface area contributed by atoms with Gasteiger partial charge in [0.05, 0.1) is 39.1 Å². The van der Waals surface area contributed by atoms with Crippen LogP contribution in [-0.2, 0) is 50.6 Å². The topological polar surface area (TPSA) is 143 Å². The fraction of sp³-hybridized carbons (Fsp3) is 0.587. The molecular formula is C46H56N4O9. The molecule has 3 aromatic rings. The number of aliphatic hydroxyl groups is 1. The number of aromatic nitrogens is 1. The number of rotatable bonds is 7. The second-order valence-corrected chi connectivity index (χ2v) is 18.3. The molecule has 11 atom stereocenters. The smallest absolute Gasteiger partial charge is 0.344 e. The molecule has 3 saturated heterocycles. The van der Waals surface area contributed by atoms with Gasteiger partial charge in [-0.05, 0) is 61.9 Å². The van der Waals surface area contributed by atoms with Gasteiger partial charge in [-0.3, -0.25) is 19.4 Å². The van der Waals surface area contributed by atoms with Crippen LogP contribution < -0.4 is 9.64 Å². The Kier molecular flexibility index (Phi) is 8.56. The van der Waals surface area contributed by atoms with E-state index in [4.69, 9.17) is 23.7 Å². The molecule has 59 heavy (non-hydrogen) atoms. The van der Waals surface area contributed by atoms with E-state index in [-0.39, 0.29) is 12.0 Å². The lowest BCUT2D eigenvalue weighted by Gasteiger charge is -2.63. The van der Waals surface area contributed by atoms with Gasteiger partial charge in [0.1, 0.15) is 5.75 Å². The Hall–Kier alpha value is -4.43. The third-order valence-electron chi connectivity index (χ3n) is 16.1. The number of H-pyrrole nitrogens is 1. The standard InChI is InChI=1S/C46H56N4O9/c1-8-42-23-27-24-49(25-42)19-15-29-28-13-10-11-14-32(28)47-35(29)45(36(27)59-42,40(52)56-6)31-21-30-33(22-34(31)55-5)48(4)38-44(30)17-20-50-18-12-16-43(9-2,37(44)50)39(58-26(3)51)46(38,54)41(53)57-7/h10-14,16,21-22,27,36-39,47,54H,8-9,15,17-20,23-25H2,1-7H3/t27-,36?,37-,38+,39+,42-,43+,44+,45-,46-/m0/s1. The summed E-state index contributed by atoms with van der Waals surface area (Å²) in [6.07, 6.45) is 5.62. The maximum absolute atomic E-state index is 15.6. The molecule has 1 saturated carbocycles. The molecule has 1 aliphatic carbocycles. The van der Waals surface area contributed by atoms with Crippen LogP contribution in [0.3, 0.4) is 0 Å². The number of anilines is 1. The van der Waals surface area contributed by atoms with Gasteiger partial charge in [0, 0.05) is 96.9 Å². The maximum atomic E-state index is 15.6. The van der Waals surface area contributed by atoms with Crippen molar-refractivity contribution >= 4 is 34.5 Å². The minimum Gasteiger partial charge on any atom is -0.496 e. The summed E-state index contributed by atoms with van der Waals surface area (Å²) in [5, 5.41) is 14.4. The highest BCUT2D eigenvalue weighted by Gasteiger charge is 2.80. The summed E-state index contributed by atoms with van der Waals surface area (Å²) >= 11 is 0. The Bertz CT molecular complexity index is 2310. The van der Waals surface area contributed by atoms with Crippen molar-refractivity contribution < 1.29 is 43.2 Å². The van der Waals surface area contributed by atoms with E-state index in [0.717, 1.165) is 65.9 Å². The van der Waals surface area contributed by atoms with Gasteiger partial charge >= 0.3 is 17.9 Å². The third kappa shape index (κ3) is 4.62. The van der Waals surface area contributed by atoms with Crippen LogP contribution in [0.1, 0.15) is 68.8 Å². The predicted octanol–water partition coefficient (Wildman–Crippen LogP) is 4.01. The van der Waals surface area contributed by atoms with E-state index in [1.807, 2.05) is 37.1 Å². The van der Waals surface area contributed by atoms with Crippen molar-refractivity contribution in [1.82, 2.24) is 14.8 Å². The summed E-state index contributed by atoms with van der Waals surface area (Å²) in [6.45, 7) is 9.22. The van der Waals surface area contributed by atoms with E-state index in [1.54, 1.807) is 7.11 Å². The van der Waals surface area contributed by atoms with Crippen LogP contribution >= 0.6 is 0 Å². The van der Waals surface area contributed by atoms with Crippen LogP contribution in [0.25, 0.3) is 10.9 Å². The van der Waals surface area contributed by atoms with Gasteiger partial charge in [-0.15, -0.1) is 0 Å². The van der Waals surface area contributed by atoms with Gasteiger partial charge in [-0.2, -0.15) is 0 Å². The highest BCUT2D eigenvalue weighted by molar-refractivity contribution is 5.95.